The average molecular weight is 373 g/mol. The number of nitrogens with one attached hydrogen (secondary N) is 1. The Bertz CT molecular complexity index is 750. The predicted molar refractivity (Wildman–Crippen MR) is 102 cm³/mol. The number of hydrogen-bond donors (Lipinski definition) is 4. The molecule has 4 atom stereocenters. The molecule has 1 fully saturated rings. The van der Waals surface area contributed by atoms with Crippen LogP contribution in [0.2, 0.25) is 0 Å². The van der Waals surface area contributed by atoms with Gasteiger partial charge < -0.3 is 20.6 Å². The molecule has 0 spiro atoms. The van der Waals surface area contributed by atoms with E-state index in [1.165, 1.54) is 24.3 Å². The summed E-state index contributed by atoms with van der Waals surface area (Å²) in [6.07, 6.45) is 4.22. The van der Waals surface area contributed by atoms with Crippen LogP contribution in [0.15, 0.2) is 47.7 Å². The molecule has 0 saturated carbocycles. The van der Waals surface area contributed by atoms with E-state index >= 15 is 0 Å². The molecule has 1 aliphatic heterocycles. The topological polar surface area (TPSA) is 107 Å². The van der Waals surface area contributed by atoms with E-state index in [-0.39, 0.29) is 28.9 Å². The molecule has 0 aliphatic carbocycles. The predicted octanol–water partition coefficient (Wildman–Crippen LogP) is 2.93. The molecule has 0 unspecified atom stereocenters. The van der Waals surface area contributed by atoms with Gasteiger partial charge in [-0.1, -0.05) is 38.1 Å². The third-order valence-electron chi connectivity index (χ3n) is 4.85. The van der Waals surface area contributed by atoms with Gasteiger partial charge in [-0.25, -0.2) is 0 Å². The molecule has 1 heterocycles. The summed E-state index contributed by atoms with van der Waals surface area (Å²) in [6.45, 7) is 5.76. The summed E-state index contributed by atoms with van der Waals surface area (Å²) in [5.74, 6) is -1.55. The van der Waals surface area contributed by atoms with Crippen molar-refractivity contribution in [2.45, 2.75) is 45.8 Å². The van der Waals surface area contributed by atoms with Crippen LogP contribution in [0.1, 0.15) is 45.3 Å². The fourth-order valence-corrected chi connectivity index (χ4v) is 3.30. The summed E-state index contributed by atoms with van der Waals surface area (Å²) in [7, 11) is 0. The first-order chi connectivity index (χ1) is 12.8. The number of aliphatic hydroxyl groups excluding tert-OH is 2. The molecule has 0 aromatic heterocycles. The van der Waals surface area contributed by atoms with E-state index in [2.05, 4.69) is 5.32 Å². The number of rotatable bonds is 7. The molecule has 6 nitrogen and oxygen atoms in total. The summed E-state index contributed by atoms with van der Waals surface area (Å²) in [4.78, 5) is 25.0. The standard InChI is InChI=1S/C21H27NO5/c1-4-5-6-12(2)11-13(3)18(24)16-20(26)17(22-21(16)27)19(25)14-7-9-15(23)10-8-14/h4-5,7-10,12-13,17,19,23-25H,6,11H2,1-3H3,(H,22,27)/t12-,13-,17+,19+/m0/s1. The maximum atomic E-state index is 12.7. The van der Waals surface area contributed by atoms with Crippen molar-refractivity contribution >= 4 is 11.7 Å². The lowest BCUT2D eigenvalue weighted by atomic mass is 9.90. The molecular weight excluding hydrogens is 346 g/mol. The lowest BCUT2D eigenvalue weighted by Gasteiger charge is -2.17. The van der Waals surface area contributed by atoms with Gasteiger partial charge in [-0.05, 0) is 43.4 Å². The largest absolute Gasteiger partial charge is 0.511 e. The first-order valence-corrected chi connectivity index (χ1v) is 9.12. The number of allylic oxidation sites excluding steroid dienone is 3. The number of amides is 1. The highest BCUT2D eigenvalue weighted by atomic mass is 16.3. The van der Waals surface area contributed by atoms with E-state index in [1.54, 1.807) is 6.92 Å². The number of benzene rings is 1. The van der Waals surface area contributed by atoms with Gasteiger partial charge in [-0.15, -0.1) is 0 Å². The van der Waals surface area contributed by atoms with E-state index in [4.69, 9.17) is 0 Å². The van der Waals surface area contributed by atoms with Crippen molar-refractivity contribution < 1.29 is 24.9 Å². The summed E-state index contributed by atoms with van der Waals surface area (Å²) >= 11 is 0. The quantitative estimate of drug-likeness (QED) is 0.254. The molecule has 1 aliphatic rings. The fraction of sp³-hybridized carbons (Fsp3) is 0.429. The van der Waals surface area contributed by atoms with Crippen LogP contribution in [0.5, 0.6) is 5.75 Å². The zero-order valence-electron chi connectivity index (χ0n) is 15.8. The molecular formula is C21H27NO5. The summed E-state index contributed by atoms with van der Waals surface area (Å²) in [5.41, 5.74) is 0.115. The van der Waals surface area contributed by atoms with Gasteiger partial charge in [0.1, 0.15) is 29.2 Å². The third-order valence-corrected chi connectivity index (χ3v) is 4.85. The minimum Gasteiger partial charge on any atom is -0.511 e. The number of carbonyl (C=O) groups is 2. The number of carbonyl (C=O) groups excluding carboxylic acids is 2. The molecule has 2 rings (SSSR count). The Morgan fingerprint density at radius 3 is 2.44 bits per heavy atom. The van der Waals surface area contributed by atoms with Crippen LogP contribution in [0.4, 0.5) is 0 Å². The Labute approximate surface area is 159 Å². The van der Waals surface area contributed by atoms with Gasteiger partial charge in [0.15, 0.2) is 5.78 Å². The fourth-order valence-electron chi connectivity index (χ4n) is 3.30. The molecule has 1 amide bonds. The summed E-state index contributed by atoms with van der Waals surface area (Å²) in [5, 5.41) is 32.8. The minimum atomic E-state index is -1.27. The van der Waals surface area contributed by atoms with E-state index in [0.29, 0.717) is 12.0 Å². The van der Waals surface area contributed by atoms with Gasteiger partial charge in [0.05, 0.1) is 0 Å². The molecule has 0 radical (unpaired) electrons. The molecule has 4 N–H and O–H groups in total. The Balaban J connectivity index is 2.18. The lowest BCUT2D eigenvalue weighted by Crippen LogP contribution is -2.35. The van der Waals surface area contributed by atoms with Crippen molar-refractivity contribution in [3.63, 3.8) is 0 Å². The molecule has 1 saturated heterocycles. The highest BCUT2D eigenvalue weighted by molar-refractivity contribution is 6.27. The molecule has 0 bridgehead atoms. The number of phenols is 1. The number of Topliss-reactive ketones (excluding diaryl/α,β-unsaturated/α-hetero) is 1. The maximum Gasteiger partial charge on any atom is 0.259 e. The number of hydrogen-bond acceptors (Lipinski definition) is 5. The minimum absolute atomic E-state index is 0.0341. The Kier molecular flexibility index (Phi) is 6.80. The molecule has 1 aromatic rings. The highest BCUT2D eigenvalue weighted by Gasteiger charge is 2.43. The summed E-state index contributed by atoms with van der Waals surface area (Å²) < 4.78 is 0. The van der Waals surface area contributed by atoms with E-state index in [9.17, 15) is 24.9 Å². The summed E-state index contributed by atoms with van der Waals surface area (Å²) in [6, 6.07) is 4.58. The molecule has 1 aromatic carbocycles. The van der Waals surface area contributed by atoms with Crippen molar-refractivity contribution in [1.82, 2.24) is 5.32 Å². The monoisotopic (exact) mass is 373 g/mol. The van der Waals surface area contributed by atoms with E-state index in [1.807, 2.05) is 26.0 Å². The van der Waals surface area contributed by atoms with Crippen LogP contribution in [0.3, 0.4) is 0 Å². The number of aliphatic hydroxyl groups is 2. The van der Waals surface area contributed by atoms with Crippen LogP contribution in [-0.4, -0.2) is 33.1 Å². The van der Waals surface area contributed by atoms with Crippen molar-refractivity contribution in [3.8, 4) is 5.75 Å². The second-order valence-electron chi connectivity index (χ2n) is 7.16. The van der Waals surface area contributed by atoms with Crippen LogP contribution >= 0.6 is 0 Å². The lowest BCUT2D eigenvalue weighted by molar-refractivity contribution is -0.118. The van der Waals surface area contributed by atoms with Crippen molar-refractivity contribution in [2.75, 3.05) is 0 Å². The zero-order valence-corrected chi connectivity index (χ0v) is 15.8. The SMILES string of the molecule is CC=CC[C@H](C)C[C@H](C)C(O)=C1C(=O)N[C@H]([C@H](O)c2ccc(O)cc2)C1=O. The van der Waals surface area contributed by atoms with E-state index < -0.39 is 23.8 Å². The van der Waals surface area contributed by atoms with Gasteiger partial charge >= 0.3 is 0 Å². The van der Waals surface area contributed by atoms with Gasteiger partial charge in [0.2, 0.25) is 0 Å². The Morgan fingerprint density at radius 2 is 1.85 bits per heavy atom. The molecule has 146 valence electrons. The molecule has 6 heteroatoms. The number of ketones is 1. The van der Waals surface area contributed by atoms with Gasteiger partial charge in [-0.3, -0.25) is 9.59 Å². The van der Waals surface area contributed by atoms with Crippen molar-refractivity contribution in [3.05, 3.63) is 53.3 Å². The number of aromatic hydroxyl groups is 1. The average Bonchev–Trinajstić information content (AvgIpc) is 2.93. The Morgan fingerprint density at radius 1 is 1.22 bits per heavy atom. The van der Waals surface area contributed by atoms with Gasteiger partial charge in [0.25, 0.3) is 5.91 Å². The molecule has 27 heavy (non-hydrogen) atoms. The first kappa shape index (κ1) is 20.7. The normalized spacial score (nSPS) is 22.6. The van der Waals surface area contributed by atoms with Crippen molar-refractivity contribution in [2.24, 2.45) is 11.8 Å². The second-order valence-corrected chi connectivity index (χ2v) is 7.16. The van der Waals surface area contributed by atoms with Crippen LogP contribution in [0, 0.1) is 11.8 Å². The van der Waals surface area contributed by atoms with Crippen LogP contribution in [0.25, 0.3) is 0 Å². The van der Waals surface area contributed by atoms with Gasteiger partial charge in [-0.2, -0.15) is 0 Å². The highest BCUT2D eigenvalue weighted by Crippen LogP contribution is 2.29. The third kappa shape index (κ3) is 4.77. The number of phenolic OH excluding ortho intramolecular Hbond substituents is 1. The van der Waals surface area contributed by atoms with Crippen LogP contribution in [-0.2, 0) is 9.59 Å². The zero-order chi connectivity index (χ0) is 20.1. The maximum absolute atomic E-state index is 12.7. The second kappa shape index (κ2) is 8.86. The van der Waals surface area contributed by atoms with Crippen molar-refractivity contribution in [1.29, 1.82) is 0 Å². The van der Waals surface area contributed by atoms with Gasteiger partial charge in [0, 0.05) is 5.92 Å². The smallest absolute Gasteiger partial charge is 0.259 e. The first-order valence-electron chi connectivity index (χ1n) is 9.12. The Hall–Kier alpha value is -2.60. The van der Waals surface area contributed by atoms with E-state index in [0.717, 1.165) is 6.42 Å². The van der Waals surface area contributed by atoms with Crippen LogP contribution < -0.4 is 5.32 Å².